The fraction of sp³-hybridized carbons (Fsp3) is 0.462. The highest BCUT2D eigenvalue weighted by atomic mass is 32.1. The molecule has 188 valence electrons. The molecule has 0 amide bonds. The third-order valence-electron chi connectivity index (χ3n) is 6.17. The van der Waals surface area contributed by atoms with Crippen molar-refractivity contribution in [3.63, 3.8) is 0 Å². The first-order valence-corrected chi connectivity index (χ1v) is 12.6. The zero-order valence-electron chi connectivity index (χ0n) is 20.2. The summed E-state index contributed by atoms with van der Waals surface area (Å²) in [6, 6.07) is 8.60. The molecule has 0 aliphatic heterocycles. The van der Waals surface area contributed by atoms with Crippen LogP contribution in [-0.2, 0) is 11.2 Å². The first kappa shape index (κ1) is 25.2. The van der Waals surface area contributed by atoms with E-state index in [4.69, 9.17) is 18.9 Å². The number of benzene rings is 2. The minimum atomic E-state index is -1.06. The van der Waals surface area contributed by atoms with E-state index < -0.39 is 18.2 Å². The lowest BCUT2D eigenvalue weighted by Gasteiger charge is -2.27. The SMILES string of the molecule is CCOc1cc(C(=O)O)c2nc(C[C@H](OC3CCCC3)[C@H](O)c3cc(OC)cc(OC)c3)sc2c1. The van der Waals surface area contributed by atoms with Crippen LogP contribution in [0, 0.1) is 0 Å². The zero-order valence-corrected chi connectivity index (χ0v) is 21.0. The number of nitrogens with zero attached hydrogens (tertiary/aromatic N) is 1. The Hall–Kier alpha value is -2.88. The van der Waals surface area contributed by atoms with Crippen molar-refractivity contribution in [2.24, 2.45) is 0 Å². The van der Waals surface area contributed by atoms with Crippen molar-refractivity contribution in [3.8, 4) is 17.2 Å². The molecular formula is C26H31NO7S. The molecule has 1 aromatic heterocycles. The van der Waals surface area contributed by atoms with Crippen LogP contribution in [0.3, 0.4) is 0 Å². The van der Waals surface area contributed by atoms with E-state index in [2.05, 4.69) is 4.98 Å². The summed E-state index contributed by atoms with van der Waals surface area (Å²) in [5.41, 5.74) is 1.13. The standard InChI is InChI=1S/C26H31NO7S/c1-4-33-19-12-20(26(29)30)24-22(13-19)35-23(27-24)14-21(34-16-7-5-6-8-16)25(28)15-9-17(31-2)11-18(10-15)32-3/h9-13,16,21,25,28H,4-8,14H2,1-3H3,(H,29,30)/t21-,25+/m0/s1. The second kappa shape index (κ2) is 11.2. The molecule has 8 nitrogen and oxygen atoms in total. The largest absolute Gasteiger partial charge is 0.497 e. The van der Waals surface area contributed by atoms with Crippen LogP contribution in [0.4, 0.5) is 0 Å². The van der Waals surface area contributed by atoms with E-state index in [1.165, 1.54) is 17.4 Å². The molecule has 2 atom stereocenters. The Balaban J connectivity index is 1.68. The fourth-order valence-corrected chi connectivity index (χ4v) is 5.51. The van der Waals surface area contributed by atoms with Crippen LogP contribution in [0.5, 0.6) is 17.2 Å². The van der Waals surface area contributed by atoms with Gasteiger partial charge < -0.3 is 29.2 Å². The van der Waals surface area contributed by atoms with E-state index in [9.17, 15) is 15.0 Å². The van der Waals surface area contributed by atoms with Gasteiger partial charge >= 0.3 is 5.97 Å². The Morgan fingerprint density at radius 2 is 1.77 bits per heavy atom. The molecule has 0 spiro atoms. The average Bonchev–Trinajstić information content (AvgIpc) is 3.51. The zero-order chi connectivity index (χ0) is 24.9. The van der Waals surface area contributed by atoms with Gasteiger partial charge in [-0.25, -0.2) is 9.78 Å². The monoisotopic (exact) mass is 501 g/mol. The number of hydrogen-bond acceptors (Lipinski definition) is 8. The predicted molar refractivity (Wildman–Crippen MR) is 133 cm³/mol. The van der Waals surface area contributed by atoms with E-state index in [-0.39, 0.29) is 11.7 Å². The van der Waals surface area contributed by atoms with Gasteiger partial charge in [-0.15, -0.1) is 11.3 Å². The average molecular weight is 502 g/mol. The van der Waals surface area contributed by atoms with Crippen LogP contribution in [0.15, 0.2) is 30.3 Å². The number of methoxy groups -OCH3 is 2. The van der Waals surface area contributed by atoms with Gasteiger partial charge in [-0.1, -0.05) is 12.8 Å². The van der Waals surface area contributed by atoms with Gasteiger partial charge in [0, 0.05) is 12.5 Å². The van der Waals surface area contributed by atoms with Gasteiger partial charge in [0.05, 0.1) is 53.8 Å². The number of fused-ring (bicyclic) bond motifs is 1. The summed E-state index contributed by atoms with van der Waals surface area (Å²) in [7, 11) is 3.13. The molecule has 1 saturated carbocycles. The number of aromatic nitrogens is 1. The molecule has 1 fully saturated rings. The first-order valence-electron chi connectivity index (χ1n) is 11.8. The Bertz CT molecular complexity index is 1150. The quantitative estimate of drug-likeness (QED) is 0.377. The highest BCUT2D eigenvalue weighted by molar-refractivity contribution is 7.18. The molecule has 1 aliphatic rings. The Labute approximate surface area is 208 Å². The van der Waals surface area contributed by atoms with Gasteiger partial charge in [-0.05, 0) is 49.6 Å². The maximum atomic E-state index is 11.9. The lowest BCUT2D eigenvalue weighted by molar-refractivity contribution is -0.0753. The van der Waals surface area contributed by atoms with Crippen molar-refractivity contribution >= 4 is 27.5 Å². The third-order valence-corrected chi connectivity index (χ3v) is 7.19. The van der Waals surface area contributed by atoms with Crippen LogP contribution < -0.4 is 14.2 Å². The van der Waals surface area contributed by atoms with Crippen LogP contribution in [0.25, 0.3) is 10.2 Å². The molecule has 2 aromatic carbocycles. The van der Waals surface area contributed by atoms with Crippen molar-refractivity contribution in [3.05, 3.63) is 46.5 Å². The highest BCUT2D eigenvalue weighted by Crippen LogP contribution is 2.35. The van der Waals surface area contributed by atoms with Crippen molar-refractivity contribution < 1.29 is 34.0 Å². The molecule has 35 heavy (non-hydrogen) atoms. The molecule has 4 rings (SSSR count). The van der Waals surface area contributed by atoms with E-state index in [0.717, 1.165) is 30.4 Å². The molecule has 0 saturated heterocycles. The van der Waals surface area contributed by atoms with Gasteiger partial charge in [0.25, 0.3) is 0 Å². The lowest BCUT2D eigenvalue weighted by Crippen LogP contribution is -2.29. The molecule has 0 bridgehead atoms. The summed E-state index contributed by atoms with van der Waals surface area (Å²) >= 11 is 1.39. The smallest absolute Gasteiger partial charge is 0.338 e. The summed E-state index contributed by atoms with van der Waals surface area (Å²) in [5.74, 6) is 0.589. The summed E-state index contributed by atoms with van der Waals surface area (Å²) < 4.78 is 23.4. The van der Waals surface area contributed by atoms with Gasteiger partial charge in [-0.2, -0.15) is 0 Å². The number of carboxylic acids is 1. The van der Waals surface area contributed by atoms with E-state index >= 15 is 0 Å². The predicted octanol–water partition coefficient (Wildman–Crippen LogP) is 5.01. The van der Waals surface area contributed by atoms with E-state index in [1.54, 1.807) is 32.4 Å². The molecule has 2 N–H and O–H groups in total. The molecule has 1 heterocycles. The van der Waals surface area contributed by atoms with Gasteiger partial charge in [0.2, 0.25) is 0 Å². The molecular weight excluding hydrogens is 470 g/mol. The van der Waals surface area contributed by atoms with Crippen molar-refractivity contribution in [1.82, 2.24) is 4.98 Å². The first-order chi connectivity index (χ1) is 16.9. The number of hydrogen-bond donors (Lipinski definition) is 2. The lowest BCUT2D eigenvalue weighted by atomic mass is 10.0. The van der Waals surface area contributed by atoms with Crippen LogP contribution in [-0.4, -0.2) is 54.2 Å². The van der Waals surface area contributed by atoms with Gasteiger partial charge in [0.1, 0.15) is 23.4 Å². The highest BCUT2D eigenvalue weighted by Gasteiger charge is 2.29. The summed E-state index contributed by atoms with van der Waals surface area (Å²) in [5, 5.41) is 21.8. The third kappa shape index (κ3) is 5.86. The number of carboxylic acid groups (broad SMARTS) is 1. The van der Waals surface area contributed by atoms with E-state index in [0.29, 0.717) is 46.4 Å². The molecule has 0 unspecified atom stereocenters. The van der Waals surface area contributed by atoms with Crippen LogP contribution >= 0.6 is 11.3 Å². The topological polar surface area (TPSA) is 107 Å². The van der Waals surface area contributed by atoms with Crippen molar-refractivity contribution in [1.29, 1.82) is 0 Å². The second-order valence-electron chi connectivity index (χ2n) is 8.54. The number of aliphatic hydroxyl groups is 1. The molecule has 0 radical (unpaired) electrons. The Kier molecular flexibility index (Phi) is 8.10. The fourth-order valence-electron chi connectivity index (χ4n) is 4.44. The maximum Gasteiger partial charge on any atom is 0.338 e. The summed E-state index contributed by atoms with van der Waals surface area (Å²) in [6.45, 7) is 2.28. The minimum absolute atomic E-state index is 0.0654. The van der Waals surface area contributed by atoms with Crippen LogP contribution in [0.1, 0.15) is 59.6 Å². The molecule has 9 heteroatoms. The van der Waals surface area contributed by atoms with Crippen molar-refractivity contribution in [2.75, 3.05) is 20.8 Å². The van der Waals surface area contributed by atoms with Gasteiger partial charge in [-0.3, -0.25) is 0 Å². The molecule has 3 aromatic rings. The number of rotatable bonds is 11. The van der Waals surface area contributed by atoms with E-state index in [1.807, 2.05) is 13.0 Å². The Morgan fingerprint density at radius 1 is 1.09 bits per heavy atom. The number of carbonyl (C=O) groups is 1. The second-order valence-corrected chi connectivity index (χ2v) is 9.65. The number of aromatic carboxylic acids is 1. The Morgan fingerprint density at radius 3 is 2.37 bits per heavy atom. The number of aliphatic hydroxyl groups excluding tert-OH is 1. The minimum Gasteiger partial charge on any atom is -0.497 e. The van der Waals surface area contributed by atoms with Crippen LogP contribution in [0.2, 0.25) is 0 Å². The maximum absolute atomic E-state index is 11.9. The normalized spacial score (nSPS) is 15.8. The summed E-state index contributed by atoms with van der Waals surface area (Å²) in [6.07, 6.45) is 2.97. The van der Waals surface area contributed by atoms with Gasteiger partial charge in [0.15, 0.2) is 0 Å². The van der Waals surface area contributed by atoms with Crippen molar-refractivity contribution in [2.45, 2.75) is 57.3 Å². The number of ether oxygens (including phenoxy) is 4. The number of thiazole rings is 1. The molecule has 1 aliphatic carbocycles. The summed E-state index contributed by atoms with van der Waals surface area (Å²) in [4.78, 5) is 16.5.